The van der Waals surface area contributed by atoms with Crippen molar-refractivity contribution in [2.24, 2.45) is 4.99 Å². The molecule has 0 spiro atoms. The van der Waals surface area contributed by atoms with Crippen LogP contribution in [0.3, 0.4) is 0 Å². The predicted molar refractivity (Wildman–Crippen MR) is 75.4 cm³/mol. The van der Waals surface area contributed by atoms with E-state index in [1.807, 2.05) is 7.05 Å². The molecule has 3 nitrogen and oxygen atoms in total. The molecule has 0 atom stereocenters. The van der Waals surface area contributed by atoms with Crippen molar-refractivity contribution in [2.75, 3.05) is 13.6 Å². The Morgan fingerprint density at radius 3 is 2.65 bits per heavy atom. The molecule has 0 radical (unpaired) electrons. The number of guanidine groups is 1. The third kappa shape index (κ3) is 6.35. The van der Waals surface area contributed by atoms with Crippen LogP contribution in [-0.4, -0.2) is 25.1 Å². The molecular weight excluding hydrogens is 210 g/mol. The van der Waals surface area contributed by atoms with Crippen LogP contribution in [0.2, 0.25) is 0 Å². The monoisotopic (exact) mass is 237 g/mol. The van der Waals surface area contributed by atoms with Crippen molar-refractivity contribution in [1.82, 2.24) is 10.6 Å². The van der Waals surface area contributed by atoms with Gasteiger partial charge in [0.15, 0.2) is 5.96 Å². The topological polar surface area (TPSA) is 36.4 Å². The molecule has 0 saturated heterocycles. The Hall–Kier alpha value is -0.990. The Morgan fingerprint density at radius 1 is 1.35 bits per heavy atom. The molecule has 1 rings (SSSR count). The van der Waals surface area contributed by atoms with E-state index in [2.05, 4.69) is 42.5 Å². The molecule has 17 heavy (non-hydrogen) atoms. The summed E-state index contributed by atoms with van der Waals surface area (Å²) in [5.41, 5.74) is 1.67. The van der Waals surface area contributed by atoms with E-state index in [1.54, 1.807) is 5.57 Å². The molecule has 0 aliphatic heterocycles. The van der Waals surface area contributed by atoms with Crippen LogP contribution < -0.4 is 10.6 Å². The number of allylic oxidation sites excluding steroid dienone is 1. The highest BCUT2D eigenvalue weighted by Crippen LogP contribution is 2.19. The maximum Gasteiger partial charge on any atom is 0.191 e. The smallest absolute Gasteiger partial charge is 0.191 e. The van der Waals surface area contributed by atoms with Crippen molar-refractivity contribution in [3.8, 4) is 0 Å². The van der Waals surface area contributed by atoms with Crippen LogP contribution in [0.5, 0.6) is 0 Å². The van der Waals surface area contributed by atoms with Crippen molar-refractivity contribution in [3.05, 3.63) is 11.6 Å². The first-order valence-electron chi connectivity index (χ1n) is 6.68. The third-order valence-corrected chi connectivity index (χ3v) is 2.84. The molecule has 0 amide bonds. The van der Waals surface area contributed by atoms with Gasteiger partial charge in [-0.3, -0.25) is 4.99 Å². The molecule has 0 aromatic rings. The van der Waals surface area contributed by atoms with Gasteiger partial charge in [0.25, 0.3) is 0 Å². The summed E-state index contributed by atoms with van der Waals surface area (Å²) in [4.78, 5) is 4.23. The van der Waals surface area contributed by atoms with Crippen molar-refractivity contribution in [3.63, 3.8) is 0 Å². The molecule has 98 valence electrons. The average molecular weight is 237 g/mol. The highest BCUT2D eigenvalue weighted by Gasteiger charge is 2.11. The lowest BCUT2D eigenvalue weighted by Crippen LogP contribution is -2.47. The highest BCUT2D eigenvalue weighted by atomic mass is 15.2. The standard InChI is InChI=1S/C14H27N3/c1-14(2,3)17-13(15-4)16-11-10-12-8-6-5-7-9-12/h8H,5-7,9-11H2,1-4H3,(H2,15,16,17). The fraction of sp³-hybridized carbons (Fsp3) is 0.786. The van der Waals surface area contributed by atoms with Gasteiger partial charge in [-0.1, -0.05) is 11.6 Å². The molecular formula is C14H27N3. The molecule has 0 fully saturated rings. The van der Waals surface area contributed by atoms with Gasteiger partial charge >= 0.3 is 0 Å². The average Bonchev–Trinajstić information content (AvgIpc) is 2.27. The lowest BCUT2D eigenvalue weighted by molar-refractivity contribution is 0.501. The van der Waals surface area contributed by atoms with Crippen molar-refractivity contribution < 1.29 is 0 Å². The van der Waals surface area contributed by atoms with Gasteiger partial charge in [-0.2, -0.15) is 0 Å². The second-order valence-electron chi connectivity index (χ2n) is 5.73. The quantitative estimate of drug-likeness (QED) is 0.450. The van der Waals surface area contributed by atoms with Crippen molar-refractivity contribution in [1.29, 1.82) is 0 Å². The fourth-order valence-corrected chi connectivity index (χ4v) is 2.01. The summed E-state index contributed by atoms with van der Waals surface area (Å²) >= 11 is 0. The minimum absolute atomic E-state index is 0.0615. The number of hydrogen-bond acceptors (Lipinski definition) is 1. The van der Waals surface area contributed by atoms with Gasteiger partial charge < -0.3 is 10.6 Å². The minimum Gasteiger partial charge on any atom is -0.356 e. The Bertz CT molecular complexity index is 284. The van der Waals surface area contributed by atoms with Crippen LogP contribution in [-0.2, 0) is 0 Å². The molecule has 0 unspecified atom stereocenters. The predicted octanol–water partition coefficient (Wildman–Crippen LogP) is 2.84. The maximum absolute atomic E-state index is 4.23. The first-order valence-corrected chi connectivity index (χ1v) is 6.68. The molecule has 1 aliphatic carbocycles. The molecule has 0 saturated carbocycles. The van der Waals surface area contributed by atoms with Crippen LogP contribution >= 0.6 is 0 Å². The number of rotatable bonds is 3. The molecule has 0 bridgehead atoms. The van der Waals surface area contributed by atoms with E-state index in [9.17, 15) is 0 Å². The molecule has 3 heteroatoms. The maximum atomic E-state index is 4.23. The zero-order valence-electron chi connectivity index (χ0n) is 11.8. The van der Waals surface area contributed by atoms with E-state index in [0.717, 1.165) is 18.9 Å². The summed E-state index contributed by atoms with van der Waals surface area (Å²) in [6.45, 7) is 7.40. The van der Waals surface area contributed by atoms with Crippen LogP contribution in [0.25, 0.3) is 0 Å². The van der Waals surface area contributed by atoms with E-state index >= 15 is 0 Å². The Morgan fingerprint density at radius 2 is 2.12 bits per heavy atom. The second-order valence-corrected chi connectivity index (χ2v) is 5.73. The summed E-state index contributed by atoms with van der Waals surface area (Å²) < 4.78 is 0. The summed E-state index contributed by atoms with van der Waals surface area (Å²) in [5, 5.41) is 6.73. The lowest BCUT2D eigenvalue weighted by atomic mass is 9.97. The van der Waals surface area contributed by atoms with E-state index in [4.69, 9.17) is 0 Å². The van der Waals surface area contributed by atoms with E-state index in [1.165, 1.54) is 25.7 Å². The van der Waals surface area contributed by atoms with Gasteiger partial charge in [0.1, 0.15) is 0 Å². The first kappa shape index (κ1) is 14.1. The summed E-state index contributed by atoms with van der Waals surface area (Å²) in [6.07, 6.45) is 8.83. The lowest BCUT2D eigenvalue weighted by Gasteiger charge is -2.24. The first-order chi connectivity index (χ1) is 8.01. The van der Waals surface area contributed by atoms with Gasteiger partial charge in [-0.25, -0.2) is 0 Å². The van der Waals surface area contributed by atoms with Gasteiger partial charge in [0.05, 0.1) is 0 Å². The number of aliphatic imine (C=N–C) groups is 1. The largest absolute Gasteiger partial charge is 0.356 e. The number of nitrogens with one attached hydrogen (secondary N) is 2. The fourth-order valence-electron chi connectivity index (χ4n) is 2.01. The van der Waals surface area contributed by atoms with Crippen LogP contribution in [0.15, 0.2) is 16.6 Å². The van der Waals surface area contributed by atoms with E-state index < -0.39 is 0 Å². The van der Waals surface area contributed by atoms with Gasteiger partial charge in [0.2, 0.25) is 0 Å². The highest BCUT2D eigenvalue weighted by molar-refractivity contribution is 5.80. The Kier molecular flexibility index (Phi) is 5.52. The second kappa shape index (κ2) is 6.67. The van der Waals surface area contributed by atoms with Crippen molar-refractivity contribution >= 4 is 5.96 Å². The molecule has 1 aliphatic rings. The normalized spacial score (nSPS) is 17.6. The van der Waals surface area contributed by atoms with Crippen molar-refractivity contribution in [2.45, 2.75) is 58.4 Å². The summed E-state index contributed by atoms with van der Waals surface area (Å²) in [6, 6.07) is 0. The minimum atomic E-state index is 0.0615. The molecule has 0 aromatic heterocycles. The van der Waals surface area contributed by atoms with Crippen LogP contribution in [0.4, 0.5) is 0 Å². The van der Waals surface area contributed by atoms with Crippen LogP contribution in [0, 0.1) is 0 Å². The zero-order valence-corrected chi connectivity index (χ0v) is 11.8. The third-order valence-electron chi connectivity index (χ3n) is 2.84. The van der Waals surface area contributed by atoms with Gasteiger partial charge in [-0.15, -0.1) is 0 Å². The van der Waals surface area contributed by atoms with Gasteiger partial charge in [-0.05, 0) is 52.9 Å². The Balaban J connectivity index is 2.26. The SMILES string of the molecule is CN=C(NCCC1=CCCCC1)NC(C)(C)C. The molecule has 0 aromatic carbocycles. The van der Waals surface area contributed by atoms with E-state index in [0.29, 0.717) is 0 Å². The molecule has 2 N–H and O–H groups in total. The number of hydrogen-bond donors (Lipinski definition) is 2. The number of nitrogens with zero attached hydrogens (tertiary/aromatic N) is 1. The van der Waals surface area contributed by atoms with E-state index in [-0.39, 0.29) is 5.54 Å². The summed E-state index contributed by atoms with van der Waals surface area (Å²) in [7, 11) is 1.82. The van der Waals surface area contributed by atoms with Gasteiger partial charge in [0, 0.05) is 19.1 Å². The zero-order chi connectivity index (χ0) is 12.7. The molecule has 0 heterocycles. The summed E-state index contributed by atoms with van der Waals surface area (Å²) in [5.74, 6) is 0.897. The Labute approximate surface area is 106 Å². The van der Waals surface area contributed by atoms with Crippen LogP contribution in [0.1, 0.15) is 52.9 Å².